The molecule has 11 nitrogen and oxygen atoms in total. The van der Waals surface area contributed by atoms with Gasteiger partial charge in [-0.25, -0.2) is 9.18 Å². The predicted molar refractivity (Wildman–Crippen MR) is 169 cm³/mol. The van der Waals surface area contributed by atoms with Gasteiger partial charge in [0.15, 0.2) is 12.4 Å². The average Bonchev–Trinajstić information content (AvgIpc) is 3.59. The second-order valence-electron chi connectivity index (χ2n) is 12.1. The van der Waals surface area contributed by atoms with Crippen LogP contribution in [0.5, 0.6) is 0 Å². The number of methoxy groups -OCH3 is 1. The molecule has 2 aliphatic rings. The molecular weight excluding hydrogens is 613 g/mol. The van der Waals surface area contributed by atoms with Crippen LogP contribution >= 0.6 is 0 Å². The van der Waals surface area contributed by atoms with E-state index in [2.05, 4.69) is 10.1 Å². The number of carbonyl (C=O) groups excluding carboxylic acids is 2. The monoisotopic (exact) mass is 661 g/mol. The van der Waals surface area contributed by atoms with Crippen molar-refractivity contribution in [1.82, 2.24) is 5.32 Å². The van der Waals surface area contributed by atoms with Crippen molar-refractivity contribution >= 4 is 11.9 Å². The average molecular weight is 662 g/mol. The van der Waals surface area contributed by atoms with E-state index in [1.807, 2.05) is 30.3 Å². The van der Waals surface area contributed by atoms with E-state index in [-0.39, 0.29) is 25.5 Å². The maximum atomic E-state index is 13.9. The first-order valence-corrected chi connectivity index (χ1v) is 16.5. The van der Waals surface area contributed by atoms with E-state index in [0.717, 1.165) is 37.7 Å². The molecule has 0 radical (unpaired) electrons. The SMILES string of the molecule is COC(=O)CCCCCCCCO[C@H]1O[C@H](CC(O)[C@H](O)[C@H]2NC[C@@H](F)[C@@H]2O)[C@@H](OCc2ccccc2)[C@@H]1OC(=O)c1ccccc1. The first kappa shape index (κ1) is 36.9. The largest absolute Gasteiger partial charge is 0.469 e. The van der Waals surface area contributed by atoms with Crippen LogP contribution in [0.4, 0.5) is 4.39 Å². The Balaban J connectivity index is 1.43. The highest BCUT2D eigenvalue weighted by molar-refractivity contribution is 5.89. The molecule has 2 aromatic rings. The molecular formula is C35H48FNO10. The molecule has 12 heteroatoms. The van der Waals surface area contributed by atoms with Crippen LogP contribution in [0.25, 0.3) is 0 Å². The molecule has 2 heterocycles. The summed E-state index contributed by atoms with van der Waals surface area (Å²) in [6.07, 6.45) is -4.28. The Hall–Kier alpha value is -2.97. The van der Waals surface area contributed by atoms with E-state index in [0.29, 0.717) is 25.0 Å². The van der Waals surface area contributed by atoms with Crippen molar-refractivity contribution in [2.75, 3.05) is 20.3 Å². The summed E-state index contributed by atoms with van der Waals surface area (Å²) in [5.41, 5.74) is 1.20. The van der Waals surface area contributed by atoms with E-state index >= 15 is 0 Å². The summed E-state index contributed by atoms with van der Waals surface area (Å²) in [4.78, 5) is 24.5. The van der Waals surface area contributed by atoms with E-state index in [4.69, 9.17) is 18.9 Å². The number of ether oxygens (including phenoxy) is 5. The molecule has 0 bridgehead atoms. The minimum absolute atomic E-state index is 0.140. The van der Waals surface area contributed by atoms with Crippen molar-refractivity contribution < 1.29 is 53.0 Å². The highest BCUT2D eigenvalue weighted by Crippen LogP contribution is 2.33. The van der Waals surface area contributed by atoms with Crippen molar-refractivity contribution in [3.8, 4) is 0 Å². The highest BCUT2D eigenvalue weighted by Gasteiger charge is 2.51. The normalized spacial score (nSPS) is 27.0. The fourth-order valence-electron chi connectivity index (χ4n) is 5.91. The molecule has 47 heavy (non-hydrogen) atoms. The molecule has 2 saturated heterocycles. The van der Waals surface area contributed by atoms with Crippen LogP contribution in [0.3, 0.4) is 0 Å². The van der Waals surface area contributed by atoms with Gasteiger partial charge in [-0.2, -0.15) is 0 Å². The van der Waals surface area contributed by atoms with Crippen LogP contribution in [0.1, 0.15) is 67.3 Å². The summed E-state index contributed by atoms with van der Waals surface area (Å²) in [5.74, 6) is -0.799. The number of rotatable bonds is 19. The molecule has 0 spiro atoms. The Morgan fingerprint density at radius 1 is 0.936 bits per heavy atom. The van der Waals surface area contributed by atoms with Crippen LogP contribution in [0, 0.1) is 0 Å². The summed E-state index contributed by atoms with van der Waals surface area (Å²) >= 11 is 0. The Morgan fingerprint density at radius 3 is 2.26 bits per heavy atom. The number of halogens is 1. The molecule has 2 aliphatic heterocycles. The van der Waals surface area contributed by atoms with Crippen LogP contribution in [0.15, 0.2) is 60.7 Å². The maximum Gasteiger partial charge on any atom is 0.338 e. The zero-order valence-corrected chi connectivity index (χ0v) is 26.8. The molecule has 4 N–H and O–H groups in total. The van der Waals surface area contributed by atoms with Gasteiger partial charge in [0.2, 0.25) is 0 Å². The lowest BCUT2D eigenvalue weighted by Gasteiger charge is -2.29. The molecule has 2 aromatic carbocycles. The van der Waals surface area contributed by atoms with E-state index in [1.54, 1.807) is 30.3 Å². The molecule has 2 fully saturated rings. The second-order valence-corrected chi connectivity index (χ2v) is 12.1. The van der Waals surface area contributed by atoms with Gasteiger partial charge in [0.1, 0.15) is 18.4 Å². The molecule has 0 saturated carbocycles. The lowest BCUT2D eigenvalue weighted by Crippen LogP contribution is -2.50. The molecule has 1 unspecified atom stereocenters. The number of hydrogen-bond donors (Lipinski definition) is 4. The van der Waals surface area contributed by atoms with Gasteiger partial charge in [-0.3, -0.25) is 4.79 Å². The standard InChI is InChI=1S/C35H48FNO10/c1-43-28(39)18-12-4-2-3-5-13-19-44-35-33(47-34(42)24-16-10-7-11-17-24)32(45-22-23-14-8-6-9-15-23)27(46-35)20-26(38)31(41)29-30(40)25(36)21-37-29/h6-11,14-17,25-27,29-33,35,37-38,40-41H,2-5,12-13,18-22H2,1H3/t25-,26?,27-,29+,30+,31+,32-,33+,35+/m1/s1. The lowest BCUT2D eigenvalue weighted by atomic mass is 9.95. The van der Waals surface area contributed by atoms with Crippen LogP contribution < -0.4 is 5.32 Å². The summed E-state index contributed by atoms with van der Waals surface area (Å²) in [6.45, 7) is 0.323. The Bertz CT molecular complexity index is 1210. The number of hydrogen-bond acceptors (Lipinski definition) is 11. The van der Waals surface area contributed by atoms with Crippen LogP contribution in [-0.4, -0.2) is 103 Å². The molecule has 4 rings (SSSR count). The predicted octanol–water partition coefficient (Wildman–Crippen LogP) is 3.23. The Morgan fingerprint density at radius 2 is 1.60 bits per heavy atom. The molecule has 0 aromatic heterocycles. The van der Waals surface area contributed by atoms with Gasteiger partial charge < -0.3 is 44.3 Å². The molecule has 0 aliphatic carbocycles. The maximum absolute atomic E-state index is 13.9. The van der Waals surface area contributed by atoms with Crippen LogP contribution in [0.2, 0.25) is 0 Å². The van der Waals surface area contributed by atoms with E-state index in [9.17, 15) is 29.3 Å². The zero-order chi connectivity index (χ0) is 33.6. The van der Waals surface area contributed by atoms with Crippen molar-refractivity contribution in [1.29, 1.82) is 0 Å². The summed E-state index contributed by atoms with van der Waals surface area (Å²) in [7, 11) is 1.38. The van der Waals surface area contributed by atoms with Gasteiger partial charge in [-0.1, -0.05) is 74.2 Å². The number of alkyl halides is 1. The summed E-state index contributed by atoms with van der Waals surface area (Å²) in [5, 5.41) is 34.7. The molecule has 0 amide bonds. The smallest absolute Gasteiger partial charge is 0.338 e. The third kappa shape index (κ3) is 11.0. The number of benzene rings is 2. The minimum atomic E-state index is -1.56. The summed E-state index contributed by atoms with van der Waals surface area (Å²) in [6, 6.07) is 16.8. The van der Waals surface area contributed by atoms with Crippen molar-refractivity contribution in [2.45, 2.75) is 113 Å². The molecule has 260 valence electrons. The van der Waals surface area contributed by atoms with Crippen molar-refractivity contribution in [2.24, 2.45) is 0 Å². The van der Waals surface area contributed by atoms with Gasteiger partial charge in [0.05, 0.1) is 43.6 Å². The van der Waals surface area contributed by atoms with Gasteiger partial charge in [0.25, 0.3) is 0 Å². The topological polar surface area (TPSA) is 153 Å². The molecule has 9 atom stereocenters. The van der Waals surface area contributed by atoms with Gasteiger partial charge in [-0.05, 0) is 30.5 Å². The third-order valence-electron chi connectivity index (χ3n) is 8.61. The fourth-order valence-corrected chi connectivity index (χ4v) is 5.91. The third-order valence-corrected chi connectivity index (χ3v) is 8.61. The van der Waals surface area contributed by atoms with Gasteiger partial charge >= 0.3 is 11.9 Å². The number of carbonyl (C=O) groups is 2. The number of unbranched alkanes of at least 4 members (excludes halogenated alkanes) is 5. The lowest BCUT2D eigenvalue weighted by molar-refractivity contribution is -0.172. The number of esters is 2. The van der Waals surface area contributed by atoms with E-state index in [1.165, 1.54) is 7.11 Å². The first-order valence-electron chi connectivity index (χ1n) is 16.5. The number of nitrogens with one attached hydrogen (secondary N) is 1. The highest BCUT2D eigenvalue weighted by atomic mass is 19.1. The fraction of sp³-hybridized carbons (Fsp3) is 0.600. The minimum Gasteiger partial charge on any atom is -0.469 e. The first-order chi connectivity index (χ1) is 22.8. The number of aliphatic hydroxyl groups is 3. The van der Waals surface area contributed by atoms with E-state index < -0.39 is 61.1 Å². The van der Waals surface area contributed by atoms with Crippen molar-refractivity contribution in [3.63, 3.8) is 0 Å². The zero-order valence-electron chi connectivity index (χ0n) is 26.8. The van der Waals surface area contributed by atoms with Crippen molar-refractivity contribution in [3.05, 3.63) is 71.8 Å². The quantitative estimate of drug-likeness (QED) is 0.130. The number of aliphatic hydroxyl groups excluding tert-OH is 3. The van der Waals surface area contributed by atoms with Crippen LogP contribution in [-0.2, 0) is 35.1 Å². The Kier molecular flexibility index (Phi) is 15.0. The Labute approximate surface area is 275 Å². The van der Waals surface area contributed by atoms with Gasteiger partial charge in [-0.15, -0.1) is 0 Å². The summed E-state index contributed by atoms with van der Waals surface area (Å²) < 4.78 is 43.2. The van der Waals surface area contributed by atoms with Gasteiger partial charge in [0, 0.05) is 26.0 Å². The second kappa shape index (κ2) is 19.1.